The van der Waals surface area contributed by atoms with Crippen LogP contribution in [0.1, 0.15) is 22.3 Å². The van der Waals surface area contributed by atoms with Gasteiger partial charge in [-0.1, -0.05) is 42.0 Å². The normalized spacial score (nSPS) is 10.3. The lowest BCUT2D eigenvalue weighted by Gasteiger charge is -2.15. The van der Waals surface area contributed by atoms with Crippen molar-refractivity contribution in [2.75, 3.05) is 20.8 Å². The van der Waals surface area contributed by atoms with Gasteiger partial charge in [-0.2, -0.15) is 0 Å². The molecule has 0 aliphatic rings. The first-order valence-corrected chi connectivity index (χ1v) is 10.8. The maximum atomic E-state index is 6.04. The van der Waals surface area contributed by atoms with Crippen LogP contribution < -0.4 is 19.5 Å². The molecule has 0 unspecified atom stereocenters. The van der Waals surface area contributed by atoms with Gasteiger partial charge in [0.05, 0.1) is 18.7 Å². The van der Waals surface area contributed by atoms with Crippen LogP contribution in [0.5, 0.6) is 17.2 Å². The SMILES string of the molecule is COc1ccc(CCNCc2cc(Br)c(OCc3ccc(C)cc3)c(OC)c2)cc1.Cl. The van der Waals surface area contributed by atoms with Gasteiger partial charge in [-0.05, 0) is 76.8 Å². The minimum absolute atomic E-state index is 0. The Morgan fingerprint density at radius 1 is 0.839 bits per heavy atom. The Morgan fingerprint density at radius 3 is 2.16 bits per heavy atom. The molecule has 1 N–H and O–H groups in total. The Labute approximate surface area is 199 Å². The standard InChI is InChI=1S/C25H28BrNO3.ClH/c1-18-4-6-20(7-5-18)17-30-25-23(26)14-21(15-24(25)29-3)16-27-13-12-19-8-10-22(28-2)11-9-19;/h4-11,14-15,27H,12-13,16-17H2,1-3H3;1H. The second-order valence-electron chi connectivity index (χ2n) is 7.16. The average Bonchev–Trinajstić information content (AvgIpc) is 2.77. The molecule has 0 bridgehead atoms. The van der Waals surface area contributed by atoms with Gasteiger partial charge in [0.15, 0.2) is 11.5 Å². The second-order valence-corrected chi connectivity index (χ2v) is 8.01. The Kier molecular flexibility index (Phi) is 10.2. The van der Waals surface area contributed by atoms with Gasteiger partial charge in [0.25, 0.3) is 0 Å². The van der Waals surface area contributed by atoms with E-state index in [0.717, 1.165) is 52.4 Å². The number of nitrogens with one attached hydrogen (secondary N) is 1. The quantitative estimate of drug-likeness (QED) is 0.337. The summed E-state index contributed by atoms with van der Waals surface area (Å²) in [6.45, 7) is 4.21. The maximum absolute atomic E-state index is 6.04. The van der Waals surface area contributed by atoms with E-state index in [9.17, 15) is 0 Å². The summed E-state index contributed by atoms with van der Waals surface area (Å²) in [6.07, 6.45) is 0.958. The summed E-state index contributed by atoms with van der Waals surface area (Å²) < 4.78 is 17.7. The second kappa shape index (κ2) is 12.6. The van der Waals surface area contributed by atoms with Crippen molar-refractivity contribution in [1.82, 2.24) is 5.32 Å². The lowest BCUT2D eigenvalue weighted by Crippen LogP contribution is -2.16. The van der Waals surface area contributed by atoms with Crippen molar-refractivity contribution in [3.63, 3.8) is 0 Å². The van der Waals surface area contributed by atoms with E-state index in [0.29, 0.717) is 6.61 Å². The fourth-order valence-corrected chi connectivity index (χ4v) is 3.72. The number of ether oxygens (including phenoxy) is 3. The lowest BCUT2D eigenvalue weighted by atomic mass is 10.1. The number of methoxy groups -OCH3 is 2. The van der Waals surface area contributed by atoms with E-state index in [-0.39, 0.29) is 12.4 Å². The molecule has 166 valence electrons. The number of halogens is 2. The predicted octanol–water partition coefficient (Wildman–Crippen LogP) is 6.11. The molecule has 0 saturated carbocycles. The van der Waals surface area contributed by atoms with E-state index in [1.165, 1.54) is 11.1 Å². The highest BCUT2D eigenvalue weighted by Gasteiger charge is 2.12. The Morgan fingerprint density at radius 2 is 1.52 bits per heavy atom. The summed E-state index contributed by atoms with van der Waals surface area (Å²) in [4.78, 5) is 0. The van der Waals surface area contributed by atoms with Crippen LogP contribution in [-0.2, 0) is 19.6 Å². The van der Waals surface area contributed by atoms with E-state index >= 15 is 0 Å². The third-order valence-corrected chi connectivity index (χ3v) is 5.46. The Bertz CT molecular complexity index is 946. The van der Waals surface area contributed by atoms with Crippen LogP contribution in [0.15, 0.2) is 65.1 Å². The molecule has 0 heterocycles. The molecular weight excluding hydrogens is 478 g/mol. The average molecular weight is 507 g/mol. The zero-order valence-corrected chi connectivity index (χ0v) is 20.5. The molecule has 0 aromatic heterocycles. The summed E-state index contributed by atoms with van der Waals surface area (Å²) in [5.41, 5.74) is 4.78. The molecule has 0 atom stereocenters. The van der Waals surface area contributed by atoms with Crippen LogP contribution in [0.3, 0.4) is 0 Å². The van der Waals surface area contributed by atoms with Crippen LogP contribution in [0, 0.1) is 6.92 Å². The number of aryl methyl sites for hydroxylation is 1. The zero-order valence-electron chi connectivity index (χ0n) is 18.1. The maximum Gasteiger partial charge on any atom is 0.175 e. The van der Waals surface area contributed by atoms with Crippen molar-refractivity contribution in [1.29, 1.82) is 0 Å². The molecule has 0 fully saturated rings. The third-order valence-electron chi connectivity index (χ3n) is 4.87. The van der Waals surface area contributed by atoms with Crippen molar-refractivity contribution in [2.45, 2.75) is 26.5 Å². The highest BCUT2D eigenvalue weighted by atomic mass is 79.9. The van der Waals surface area contributed by atoms with Gasteiger partial charge >= 0.3 is 0 Å². The molecule has 0 aliphatic carbocycles. The van der Waals surface area contributed by atoms with Crippen LogP contribution in [0.4, 0.5) is 0 Å². The number of hydrogen-bond acceptors (Lipinski definition) is 4. The molecule has 3 rings (SSSR count). The van der Waals surface area contributed by atoms with Gasteiger partial charge in [-0.25, -0.2) is 0 Å². The van der Waals surface area contributed by atoms with E-state index in [1.807, 2.05) is 18.2 Å². The van der Waals surface area contributed by atoms with E-state index in [1.54, 1.807) is 14.2 Å². The van der Waals surface area contributed by atoms with Crippen LogP contribution >= 0.6 is 28.3 Å². The van der Waals surface area contributed by atoms with Gasteiger partial charge < -0.3 is 19.5 Å². The first-order valence-electron chi connectivity index (χ1n) is 9.97. The summed E-state index contributed by atoms with van der Waals surface area (Å²) in [5, 5.41) is 3.49. The van der Waals surface area contributed by atoms with Crippen LogP contribution in [-0.4, -0.2) is 20.8 Å². The highest BCUT2D eigenvalue weighted by Crippen LogP contribution is 2.37. The Balaban J connectivity index is 0.00000341. The van der Waals surface area contributed by atoms with Gasteiger partial charge in [0.2, 0.25) is 0 Å². The van der Waals surface area contributed by atoms with Crippen LogP contribution in [0.2, 0.25) is 0 Å². The summed E-state index contributed by atoms with van der Waals surface area (Å²) in [6, 6.07) is 20.6. The minimum Gasteiger partial charge on any atom is -0.497 e. The van der Waals surface area contributed by atoms with E-state index in [4.69, 9.17) is 14.2 Å². The molecule has 3 aromatic carbocycles. The topological polar surface area (TPSA) is 39.7 Å². The minimum atomic E-state index is 0. The summed E-state index contributed by atoms with van der Waals surface area (Å²) >= 11 is 3.64. The van der Waals surface area contributed by atoms with Crippen molar-refractivity contribution < 1.29 is 14.2 Å². The number of rotatable bonds is 10. The predicted molar refractivity (Wildman–Crippen MR) is 132 cm³/mol. The first-order chi connectivity index (χ1) is 14.6. The smallest absolute Gasteiger partial charge is 0.175 e. The molecule has 3 aromatic rings. The van der Waals surface area contributed by atoms with Gasteiger partial charge in [0, 0.05) is 6.54 Å². The van der Waals surface area contributed by atoms with Gasteiger partial charge in [0.1, 0.15) is 12.4 Å². The number of hydrogen-bond donors (Lipinski definition) is 1. The molecule has 0 amide bonds. The molecule has 31 heavy (non-hydrogen) atoms. The molecule has 6 heteroatoms. The zero-order chi connectivity index (χ0) is 21.3. The largest absolute Gasteiger partial charge is 0.497 e. The Hall–Kier alpha value is -2.21. The van der Waals surface area contributed by atoms with E-state index in [2.05, 4.69) is 70.6 Å². The summed E-state index contributed by atoms with van der Waals surface area (Å²) in [5.74, 6) is 2.33. The molecule has 0 saturated heterocycles. The highest BCUT2D eigenvalue weighted by molar-refractivity contribution is 9.10. The van der Waals surface area contributed by atoms with Crippen molar-refractivity contribution in [3.05, 3.63) is 87.4 Å². The molecule has 0 spiro atoms. The van der Waals surface area contributed by atoms with Gasteiger partial charge in [-0.3, -0.25) is 0 Å². The third kappa shape index (κ3) is 7.46. The summed E-state index contributed by atoms with van der Waals surface area (Å²) in [7, 11) is 3.35. The molecule has 4 nitrogen and oxygen atoms in total. The fourth-order valence-electron chi connectivity index (χ4n) is 3.11. The van der Waals surface area contributed by atoms with Crippen molar-refractivity contribution in [2.24, 2.45) is 0 Å². The van der Waals surface area contributed by atoms with Gasteiger partial charge in [-0.15, -0.1) is 12.4 Å². The molecule has 0 radical (unpaired) electrons. The fraction of sp³-hybridized carbons (Fsp3) is 0.280. The van der Waals surface area contributed by atoms with Crippen molar-refractivity contribution >= 4 is 28.3 Å². The molecular formula is C25H29BrClNO3. The van der Waals surface area contributed by atoms with Crippen molar-refractivity contribution in [3.8, 4) is 17.2 Å². The molecule has 0 aliphatic heterocycles. The lowest BCUT2D eigenvalue weighted by molar-refractivity contribution is 0.282. The number of benzene rings is 3. The van der Waals surface area contributed by atoms with E-state index < -0.39 is 0 Å². The first kappa shape index (κ1) is 25.1. The van der Waals surface area contributed by atoms with Crippen LogP contribution in [0.25, 0.3) is 0 Å². The monoisotopic (exact) mass is 505 g/mol.